The van der Waals surface area contributed by atoms with Crippen LogP contribution in [0, 0.1) is 5.41 Å². The maximum Gasteiger partial charge on any atom is 0.327 e. The van der Waals surface area contributed by atoms with Crippen molar-refractivity contribution in [2.45, 2.75) is 70.3 Å². The molecule has 0 spiro atoms. The van der Waals surface area contributed by atoms with Crippen LogP contribution in [0.1, 0.15) is 52.9 Å². The van der Waals surface area contributed by atoms with Gasteiger partial charge in [0.15, 0.2) is 0 Å². The molecule has 1 aliphatic carbocycles. The van der Waals surface area contributed by atoms with Gasteiger partial charge in [-0.05, 0) is 24.7 Å². The number of carboxylic acids is 1. The number of thioether (sulfide) groups is 1. The zero-order valence-electron chi connectivity index (χ0n) is 13.1. The normalized spacial score (nSPS) is 32.0. The molecule has 0 aromatic rings. The van der Waals surface area contributed by atoms with Crippen molar-refractivity contribution < 1.29 is 14.7 Å². The molecular formula is C15H26N2O3S. The molecule has 6 heteroatoms. The number of amides is 2. The number of carbonyl (C=O) groups is 2. The molecule has 0 aromatic carbocycles. The van der Waals surface area contributed by atoms with Crippen LogP contribution in [0.25, 0.3) is 0 Å². The first-order valence-corrected chi connectivity index (χ1v) is 8.85. The summed E-state index contributed by atoms with van der Waals surface area (Å²) >= 11 is 1.56. The molecule has 0 aromatic heterocycles. The number of urea groups is 1. The standard InChI is InChI=1S/C15H26N2O3S/c1-4-12-17(10(9-21-12)13(18)19)14(20)16-11-7-5-6-8-15(11,2)3/h10-12H,4-9H2,1-3H3,(H,16,20)(H,18,19). The van der Waals surface area contributed by atoms with E-state index < -0.39 is 12.0 Å². The fourth-order valence-corrected chi connectivity index (χ4v) is 4.67. The summed E-state index contributed by atoms with van der Waals surface area (Å²) in [6.45, 7) is 6.36. The van der Waals surface area contributed by atoms with Gasteiger partial charge in [-0.1, -0.05) is 33.6 Å². The predicted octanol–water partition coefficient (Wildman–Crippen LogP) is 2.90. The highest BCUT2D eigenvalue weighted by Gasteiger charge is 2.42. The quantitative estimate of drug-likeness (QED) is 0.840. The highest BCUT2D eigenvalue weighted by atomic mass is 32.2. The van der Waals surface area contributed by atoms with E-state index in [2.05, 4.69) is 19.2 Å². The average molecular weight is 314 g/mol. The van der Waals surface area contributed by atoms with Gasteiger partial charge < -0.3 is 10.4 Å². The molecule has 1 saturated heterocycles. The van der Waals surface area contributed by atoms with Crippen molar-refractivity contribution in [2.75, 3.05) is 5.75 Å². The second-order valence-electron chi connectivity index (χ2n) is 6.69. The first-order chi connectivity index (χ1) is 9.86. The molecule has 2 fully saturated rings. The Hall–Kier alpha value is -0.910. The van der Waals surface area contributed by atoms with Gasteiger partial charge in [-0.15, -0.1) is 11.8 Å². The fraction of sp³-hybridized carbons (Fsp3) is 0.867. The van der Waals surface area contributed by atoms with E-state index in [-0.39, 0.29) is 22.9 Å². The fourth-order valence-electron chi connectivity index (χ4n) is 3.33. The van der Waals surface area contributed by atoms with Crippen LogP contribution in [0.15, 0.2) is 0 Å². The SMILES string of the molecule is CCC1SCC(C(=O)O)N1C(=O)NC1CCCCC1(C)C. The van der Waals surface area contributed by atoms with E-state index in [0.29, 0.717) is 5.75 Å². The molecule has 1 heterocycles. The zero-order chi connectivity index (χ0) is 15.6. The molecule has 2 aliphatic rings. The van der Waals surface area contributed by atoms with Gasteiger partial charge in [0.25, 0.3) is 0 Å². The van der Waals surface area contributed by atoms with Crippen LogP contribution >= 0.6 is 11.8 Å². The van der Waals surface area contributed by atoms with Crippen LogP contribution in [0.5, 0.6) is 0 Å². The monoisotopic (exact) mass is 314 g/mol. The zero-order valence-corrected chi connectivity index (χ0v) is 13.9. The third-order valence-corrected chi connectivity index (χ3v) is 6.22. The molecule has 3 unspecified atom stereocenters. The van der Waals surface area contributed by atoms with Crippen molar-refractivity contribution in [2.24, 2.45) is 5.41 Å². The van der Waals surface area contributed by atoms with Crippen LogP contribution in [-0.2, 0) is 4.79 Å². The third kappa shape index (κ3) is 3.47. The minimum atomic E-state index is -0.906. The lowest BCUT2D eigenvalue weighted by molar-refractivity contribution is -0.141. The number of aliphatic carboxylic acids is 1. The summed E-state index contributed by atoms with van der Waals surface area (Å²) in [5, 5.41) is 12.4. The second kappa shape index (κ2) is 6.46. The van der Waals surface area contributed by atoms with Crippen LogP contribution in [0.4, 0.5) is 4.79 Å². The number of hydrogen-bond acceptors (Lipinski definition) is 3. The Morgan fingerprint density at radius 2 is 2.10 bits per heavy atom. The first-order valence-electron chi connectivity index (χ1n) is 7.80. The lowest BCUT2D eigenvalue weighted by Gasteiger charge is -2.40. The Labute approximate surface area is 130 Å². The Bertz CT molecular complexity index is 414. The van der Waals surface area contributed by atoms with E-state index in [1.165, 1.54) is 11.3 Å². The molecule has 5 nitrogen and oxygen atoms in total. The number of hydrogen-bond donors (Lipinski definition) is 2. The van der Waals surface area contributed by atoms with Crippen molar-refractivity contribution >= 4 is 23.8 Å². The number of nitrogens with one attached hydrogen (secondary N) is 1. The highest BCUT2D eigenvalue weighted by Crippen LogP contribution is 2.36. The van der Waals surface area contributed by atoms with Crippen LogP contribution in [0.3, 0.4) is 0 Å². The Balaban J connectivity index is 2.08. The lowest BCUT2D eigenvalue weighted by atomic mass is 9.73. The molecular weight excluding hydrogens is 288 g/mol. The topological polar surface area (TPSA) is 69.6 Å². The summed E-state index contributed by atoms with van der Waals surface area (Å²) in [5.41, 5.74) is 0.0845. The van der Waals surface area contributed by atoms with Crippen LogP contribution in [-0.4, -0.2) is 45.2 Å². The molecule has 2 rings (SSSR count). The van der Waals surface area contributed by atoms with E-state index in [1.54, 1.807) is 11.8 Å². The van der Waals surface area contributed by atoms with E-state index in [4.69, 9.17) is 0 Å². The van der Waals surface area contributed by atoms with Crippen LogP contribution < -0.4 is 5.32 Å². The Morgan fingerprint density at radius 3 is 2.67 bits per heavy atom. The molecule has 2 N–H and O–H groups in total. The van der Waals surface area contributed by atoms with Crippen molar-refractivity contribution in [3.05, 3.63) is 0 Å². The summed E-state index contributed by atoms with van der Waals surface area (Å²) in [6.07, 6.45) is 5.19. The van der Waals surface area contributed by atoms with Crippen molar-refractivity contribution in [3.63, 3.8) is 0 Å². The number of nitrogens with zero attached hydrogens (tertiary/aromatic N) is 1. The second-order valence-corrected chi connectivity index (χ2v) is 7.90. The largest absolute Gasteiger partial charge is 0.480 e. The van der Waals surface area contributed by atoms with Gasteiger partial charge in [0.1, 0.15) is 6.04 Å². The van der Waals surface area contributed by atoms with Crippen LogP contribution in [0.2, 0.25) is 0 Å². The third-order valence-electron chi connectivity index (χ3n) is 4.77. The minimum Gasteiger partial charge on any atom is -0.480 e. The van der Waals surface area contributed by atoms with Crippen molar-refractivity contribution in [3.8, 4) is 0 Å². The van der Waals surface area contributed by atoms with Gasteiger partial charge in [-0.3, -0.25) is 4.90 Å². The minimum absolute atomic E-state index is 0.0298. The highest BCUT2D eigenvalue weighted by molar-refractivity contribution is 8.00. The van der Waals surface area contributed by atoms with Gasteiger partial charge in [0, 0.05) is 11.8 Å². The van der Waals surface area contributed by atoms with Gasteiger partial charge in [0.2, 0.25) is 0 Å². The van der Waals surface area contributed by atoms with E-state index in [9.17, 15) is 14.7 Å². The number of rotatable bonds is 3. The van der Waals surface area contributed by atoms with E-state index in [0.717, 1.165) is 25.7 Å². The number of carbonyl (C=O) groups excluding carboxylic acids is 1. The van der Waals surface area contributed by atoms with E-state index >= 15 is 0 Å². The van der Waals surface area contributed by atoms with Gasteiger partial charge in [0.05, 0.1) is 5.37 Å². The van der Waals surface area contributed by atoms with Gasteiger partial charge >= 0.3 is 12.0 Å². The maximum absolute atomic E-state index is 12.6. The predicted molar refractivity (Wildman–Crippen MR) is 84.4 cm³/mol. The van der Waals surface area contributed by atoms with Crippen molar-refractivity contribution in [1.29, 1.82) is 0 Å². The van der Waals surface area contributed by atoms with E-state index in [1.807, 2.05) is 6.92 Å². The Morgan fingerprint density at radius 1 is 1.38 bits per heavy atom. The molecule has 2 amide bonds. The first kappa shape index (κ1) is 16.5. The molecule has 0 radical (unpaired) electrons. The molecule has 1 saturated carbocycles. The lowest BCUT2D eigenvalue weighted by Crippen LogP contribution is -2.55. The summed E-state index contributed by atoms with van der Waals surface area (Å²) in [7, 11) is 0. The summed E-state index contributed by atoms with van der Waals surface area (Å²) in [6, 6.07) is -0.776. The Kier molecular flexibility index (Phi) is 5.07. The average Bonchev–Trinajstić information content (AvgIpc) is 2.85. The molecule has 0 bridgehead atoms. The summed E-state index contributed by atoms with van der Waals surface area (Å²) in [4.78, 5) is 25.5. The summed E-state index contributed by atoms with van der Waals surface area (Å²) in [5.74, 6) is -0.425. The van der Waals surface area contributed by atoms with Gasteiger partial charge in [-0.2, -0.15) is 0 Å². The van der Waals surface area contributed by atoms with Gasteiger partial charge in [-0.25, -0.2) is 9.59 Å². The molecule has 21 heavy (non-hydrogen) atoms. The van der Waals surface area contributed by atoms with Crippen molar-refractivity contribution in [1.82, 2.24) is 10.2 Å². The smallest absolute Gasteiger partial charge is 0.327 e. The maximum atomic E-state index is 12.6. The summed E-state index contributed by atoms with van der Waals surface area (Å²) < 4.78 is 0. The molecule has 120 valence electrons. The number of carboxylic acid groups (broad SMARTS) is 1. The molecule has 1 aliphatic heterocycles. The molecule has 3 atom stereocenters.